The molecular formula is C21H38N2O6. The maximum atomic E-state index is 12.7. The van der Waals surface area contributed by atoms with Gasteiger partial charge in [-0.05, 0) is 46.5 Å². The number of hydrogen-bond donors (Lipinski definition) is 3. The van der Waals surface area contributed by atoms with Crippen molar-refractivity contribution >= 4 is 18.0 Å². The van der Waals surface area contributed by atoms with Gasteiger partial charge in [-0.3, -0.25) is 4.79 Å². The molecule has 0 aliphatic heterocycles. The highest BCUT2D eigenvalue weighted by Gasteiger charge is 2.58. The van der Waals surface area contributed by atoms with E-state index in [2.05, 4.69) is 10.6 Å². The quantitative estimate of drug-likeness (QED) is 0.526. The molecular weight excluding hydrogens is 376 g/mol. The largest absolute Gasteiger partial charge is 0.464 e. The number of aliphatic hydroxyl groups is 1. The molecule has 1 fully saturated rings. The third kappa shape index (κ3) is 6.59. The van der Waals surface area contributed by atoms with Crippen LogP contribution in [0.5, 0.6) is 0 Å². The van der Waals surface area contributed by atoms with Gasteiger partial charge in [-0.15, -0.1) is 0 Å². The molecule has 4 atom stereocenters. The van der Waals surface area contributed by atoms with Crippen molar-refractivity contribution in [3.8, 4) is 0 Å². The Morgan fingerprint density at radius 1 is 1.17 bits per heavy atom. The van der Waals surface area contributed by atoms with Crippen LogP contribution < -0.4 is 10.6 Å². The van der Waals surface area contributed by atoms with Crippen molar-refractivity contribution in [1.82, 2.24) is 10.6 Å². The summed E-state index contributed by atoms with van der Waals surface area (Å²) in [6.07, 6.45) is 1.38. The van der Waals surface area contributed by atoms with Gasteiger partial charge in [0.2, 0.25) is 5.91 Å². The van der Waals surface area contributed by atoms with Gasteiger partial charge in [0.15, 0.2) is 5.60 Å². The van der Waals surface area contributed by atoms with E-state index >= 15 is 0 Å². The summed E-state index contributed by atoms with van der Waals surface area (Å²) >= 11 is 0. The van der Waals surface area contributed by atoms with Crippen molar-refractivity contribution in [1.29, 1.82) is 0 Å². The standard InChI is InChI=1S/C21H38N2O6/c1-8-14(9-2)17(22-13(4)24)16-15(23-19(26)29-20(5,6)7)11-12-21(16,27)18(25)28-10-3/h14-17,27H,8-12H2,1-7H3,(H,22,24)(H,23,26)/t15-,16-,17?,21-/m0/s1. The summed E-state index contributed by atoms with van der Waals surface area (Å²) in [5, 5.41) is 17.1. The molecule has 0 bridgehead atoms. The molecule has 0 spiro atoms. The number of hydrogen-bond acceptors (Lipinski definition) is 6. The summed E-state index contributed by atoms with van der Waals surface area (Å²) in [5.41, 5.74) is -2.48. The first kappa shape index (κ1) is 25.2. The molecule has 8 nitrogen and oxygen atoms in total. The lowest BCUT2D eigenvalue weighted by Crippen LogP contribution is -2.60. The van der Waals surface area contributed by atoms with E-state index in [1.54, 1.807) is 27.7 Å². The predicted molar refractivity (Wildman–Crippen MR) is 109 cm³/mol. The van der Waals surface area contributed by atoms with Crippen LogP contribution in [0.3, 0.4) is 0 Å². The number of ether oxygens (including phenoxy) is 2. The molecule has 0 heterocycles. The average Bonchev–Trinajstić information content (AvgIpc) is 2.90. The minimum absolute atomic E-state index is 0.0193. The van der Waals surface area contributed by atoms with Crippen LogP contribution >= 0.6 is 0 Å². The van der Waals surface area contributed by atoms with Crippen molar-refractivity contribution in [2.24, 2.45) is 11.8 Å². The highest BCUT2D eigenvalue weighted by Crippen LogP contribution is 2.42. The van der Waals surface area contributed by atoms with Gasteiger partial charge in [-0.25, -0.2) is 9.59 Å². The van der Waals surface area contributed by atoms with E-state index in [4.69, 9.17) is 9.47 Å². The van der Waals surface area contributed by atoms with Gasteiger partial charge in [0.05, 0.1) is 6.61 Å². The van der Waals surface area contributed by atoms with E-state index in [0.717, 1.165) is 12.8 Å². The van der Waals surface area contributed by atoms with Crippen molar-refractivity contribution in [2.45, 2.75) is 97.4 Å². The summed E-state index contributed by atoms with van der Waals surface area (Å²) in [6.45, 7) is 12.5. The zero-order valence-electron chi connectivity index (χ0n) is 18.8. The zero-order valence-corrected chi connectivity index (χ0v) is 18.8. The number of amides is 2. The molecule has 8 heteroatoms. The lowest BCUT2D eigenvalue weighted by atomic mass is 9.75. The molecule has 2 amide bonds. The molecule has 168 valence electrons. The Hall–Kier alpha value is -1.83. The molecule has 0 aromatic rings. The van der Waals surface area contributed by atoms with Crippen LogP contribution in [-0.2, 0) is 19.1 Å². The molecule has 0 radical (unpaired) electrons. The fourth-order valence-electron chi connectivity index (χ4n) is 4.25. The lowest BCUT2D eigenvalue weighted by molar-refractivity contribution is -0.171. The van der Waals surface area contributed by atoms with Crippen molar-refractivity contribution < 1.29 is 29.0 Å². The highest BCUT2D eigenvalue weighted by molar-refractivity contribution is 5.81. The summed E-state index contributed by atoms with van der Waals surface area (Å²) < 4.78 is 10.5. The Kier molecular flexibility index (Phi) is 8.93. The highest BCUT2D eigenvalue weighted by atomic mass is 16.6. The summed E-state index contributed by atoms with van der Waals surface area (Å²) in [5.74, 6) is -1.69. The van der Waals surface area contributed by atoms with Crippen LogP contribution in [0.4, 0.5) is 4.79 Å². The molecule has 0 aromatic heterocycles. The molecule has 3 N–H and O–H groups in total. The van der Waals surface area contributed by atoms with E-state index in [-0.39, 0.29) is 24.9 Å². The first-order valence-corrected chi connectivity index (χ1v) is 10.6. The van der Waals surface area contributed by atoms with Crippen LogP contribution in [0.25, 0.3) is 0 Å². The van der Waals surface area contributed by atoms with E-state index in [1.807, 2.05) is 13.8 Å². The summed E-state index contributed by atoms with van der Waals surface area (Å²) in [7, 11) is 0. The third-order valence-electron chi connectivity index (χ3n) is 5.47. The van der Waals surface area contributed by atoms with Gasteiger partial charge >= 0.3 is 12.1 Å². The van der Waals surface area contributed by atoms with E-state index in [9.17, 15) is 19.5 Å². The maximum absolute atomic E-state index is 12.7. The second kappa shape index (κ2) is 10.3. The second-order valence-electron chi connectivity index (χ2n) is 8.76. The zero-order chi connectivity index (χ0) is 22.4. The average molecular weight is 415 g/mol. The molecule has 1 saturated carbocycles. The van der Waals surface area contributed by atoms with Crippen molar-refractivity contribution in [3.63, 3.8) is 0 Å². The van der Waals surface area contributed by atoms with Gasteiger partial charge in [-0.1, -0.05) is 26.7 Å². The van der Waals surface area contributed by atoms with Crippen LogP contribution in [0.2, 0.25) is 0 Å². The second-order valence-corrected chi connectivity index (χ2v) is 8.76. The molecule has 1 rings (SSSR count). The first-order chi connectivity index (χ1) is 13.4. The van der Waals surface area contributed by atoms with Crippen LogP contribution in [0.15, 0.2) is 0 Å². The van der Waals surface area contributed by atoms with Gasteiger partial charge in [0.1, 0.15) is 5.60 Å². The van der Waals surface area contributed by atoms with E-state index in [0.29, 0.717) is 6.42 Å². The van der Waals surface area contributed by atoms with Crippen LogP contribution in [0, 0.1) is 11.8 Å². The molecule has 0 saturated heterocycles. The van der Waals surface area contributed by atoms with Crippen molar-refractivity contribution in [3.05, 3.63) is 0 Å². The van der Waals surface area contributed by atoms with Crippen molar-refractivity contribution in [2.75, 3.05) is 6.61 Å². The smallest absolute Gasteiger partial charge is 0.407 e. The number of rotatable bonds is 8. The maximum Gasteiger partial charge on any atom is 0.407 e. The fraction of sp³-hybridized carbons (Fsp3) is 0.857. The lowest BCUT2D eigenvalue weighted by Gasteiger charge is -2.40. The van der Waals surface area contributed by atoms with E-state index in [1.165, 1.54) is 6.92 Å². The minimum atomic E-state index is -1.80. The molecule has 1 unspecified atom stereocenters. The third-order valence-corrected chi connectivity index (χ3v) is 5.47. The summed E-state index contributed by atoms with van der Waals surface area (Å²) in [6, 6.07) is -1.05. The Bertz CT molecular complexity index is 584. The van der Waals surface area contributed by atoms with Gasteiger partial charge in [0, 0.05) is 24.9 Å². The van der Waals surface area contributed by atoms with E-state index < -0.39 is 41.3 Å². The topological polar surface area (TPSA) is 114 Å². The number of nitrogens with one attached hydrogen (secondary N) is 2. The van der Waals surface area contributed by atoms with Gasteiger partial charge in [-0.2, -0.15) is 0 Å². The van der Waals surface area contributed by atoms with Crippen LogP contribution in [-0.4, -0.2) is 53.0 Å². The molecule has 1 aliphatic rings. The number of carbonyl (C=O) groups excluding carboxylic acids is 3. The van der Waals surface area contributed by atoms with Crippen LogP contribution in [0.1, 0.15) is 74.1 Å². The minimum Gasteiger partial charge on any atom is -0.464 e. The Balaban J connectivity index is 3.31. The number of esters is 1. The Labute approximate surface area is 174 Å². The Morgan fingerprint density at radius 2 is 1.76 bits per heavy atom. The van der Waals surface area contributed by atoms with Gasteiger partial charge in [0.25, 0.3) is 0 Å². The summed E-state index contributed by atoms with van der Waals surface area (Å²) in [4.78, 5) is 37.0. The number of alkyl carbamates (subject to hydrolysis) is 1. The fourth-order valence-corrected chi connectivity index (χ4v) is 4.25. The monoisotopic (exact) mass is 414 g/mol. The predicted octanol–water partition coefficient (Wildman–Crippen LogP) is 2.52. The number of carbonyl (C=O) groups is 3. The SMILES string of the molecule is CCOC(=O)[C@]1(O)CC[C@H](NC(=O)OC(C)(C)C)[C@H]1C(NC(C)=O)C(CC)CC. The van der Waals surface area contributed by atoms with Gasteiger partial charge < -0.3 is 25.2 Å². The molecule has 29 heavy (non-hydrogen) atoms. The normalized spacial score (nSPS) is 25.4. The Morgan fingerprint density at radius 3 is 2.21 bits per heavy atom. The molecule has 0 aromatic carbocycles. The first-order valence-electron chi connectivity index (χ1n) is 10.6. The molecule has 1 aliphatic carbocycles.